The van der Waals surface area contributed by atoms with Crippen LogP contribution >= 0.6 is 0 Å². The van der Waals surface area contributed by atoms with E-state index in [4.69, 9.17) is 0 Å². The fraction of sp³-hybridized carbons (Fsp3) is 0.368. The highest BCUT2D eigenvalue weighted by atomic mass is 16.2. The van der Waals surface area contributed by atoms with E-state index in [1.54, 1.807) is 0 Å². The van der Waals surface area contributed by atoms with Gasteiger partial charge in [0, 0.05) is 28.7 Å². The average Bonchev–Trinajstić information content (AvgIpc) is 3.01. The molecule has 4 rings (SSSR count). The van der Waals surface area contributed by atoms with Crippen LogP contribution in [-0.2, 0) is 16.6 Å². The molecule has 0 fully saturated rings. The lowest BCUT2D eigenvalue weighted by Crippen LogP contribution is -2.35. The first-order valence-corrected chi connectivity index (χ1v) is 8.29. The number of hydrogen-bond acceptors (Lipinski definition) is 3. The van der Waals surface area contributed by atoms with Gasteiger partial charge in [-0.15, -0.1) is 0 Å². The van der Waals surface area contributed by atoms with Crippen LogP contribution in [0, 0.1) is 0 Å². The van der Waals surface area contributed by atoms with Crippen LogP contribution in [0.4, 0.5) is 5.69 Å². The SMILES string of the molecule is CCN1C(=O)C(C)(C)c2cc3[nH]c4c(c3cc21)CC/C(=C\O)C4=O. The molecule has 24 heavy (non-hydrogen) atoms. The number of aryl methyl sites for hydroxylation is 1. The van der Waals surface area contributed by atoms with Crippen LogP contribution in [0.1, 0.15) is 48.8 Å². The second-order valence-corrected chi connectivity index (χ2v) is 7.05. The third-order valence-electron chi connectivity index (χ3n) is 5.40. The standard InChI is InChI=1S/C19H20N2O3/c1-4-21-15-7-12-11-6-5-10(9-22)17(23)16(11)20-14(12)8-13(15)19(2,3)18(21)24/h7-9,20,22H,4-6H2,1-3H3/b10-9+. The molecule has 1 aromatic heterocycles. The fourth-order valence-corrected chi connectivity index (χ4v) is 4.00. The van der Waals surface area contributed by atoms with Crippen LogP contribution in [0.15, 0.2) is 24.0 Å². The van der Waals surface area contributed by atoms with Crippen molar-refractivity contribution in [1.82, 2.24) is 4.98 Å². The van der Waals surface area contributed by atoms with E-state index in [1.807, 2.05) is 37.8 Å². The number of aliphatic hydroxyl groups is 1. The number of allylic oxidation sites excluding steroid dienone is 1. The molecule has 1 aromatic carbocycles. The zero-order valence-corrected chi connectivity index (χ0v) is 14.1. The summed E-state index contributed by atoms with van der Waals surface area (Å²) in [5.41, 5.74) is 4.23. The minimum atomic E-state index is -0.564. The lowest BCUT2D eigenvalue weighted by Gasteiger charge is -2.18. The molecule has 2 N–H and O–H groups in total. The van der Waals surface area contributed by atoms with Gasteiger partial charge in [-0.25, -0.2) is 0 Å². The largest absolute Gasteiger partial charge is 0.515 e. The van der Waals surface area contributed by atoms with Crippen molar-refractivity contribution in [3.8, 4) is 0 Å². The Morgan fingerprint density at radius 3 is 2.71 bits per heavy atom. The van der Waals surface area contributed by atoms with E-state index < -0.39 is 5.41 Å². The van der Waals surface area contributed by atoms with Crippen LogP contribution in [-0.4, -0.2) is 28.3 Å². The Balaban J connectivity index is 1.98. The number of H-pyrrole nitrogens is 1. The summed E-state index contributed by atoms with van der Waals surface area (Å²) in [5.74, 6) is -0.0270. The van der Waals surface area contributed by atoms with Crippen molar-refractivity contribution in [2.75, 3.05) is 11.4 Å². The number of aliphatic hydroxyl groups excluding tert-OH is 1. The molecule has 5 heteroatoms. The molecule has 0 bridgehead atoms. The van der Waals surface area contributed by atoms with Crippen LogP contribution in [0.5, 0.6) is 0 Å². The summed E-state index contributed by atoms with van der Waals surface area (Å²) in [6.07, 6.45) is 2.15. The molecule has 2 aromatic rings. The number of nitrogens with one attached hydrogen (secondary N) is 1. The summed E-state index contributed by atoms with van der Waals surface area (Å²) < 4.78 is 0. The smallest absolute Gasteiger partial charge is 0.237 e. The van der Waals surface area contributed by atoms with Crippen LogP contribution in [0.25, 0.3) is 10.9 Å². The lowest BCUT2D eigenvalue weighted by molar-refractivity contribution is -0.122. The van der Waals surface area contributed by atoms with Gasteiger partial charge in [0.05, 0.1) is 17.4 Å². The summed E-state index contributed by atoms with van der Waals surface area (Å²) in [7, 11) is 0. The minimum Gasteiger partial charge on any atom is -0.515 e. The minimum absolute atomic E-state index is 0.114. The fourth-order valence-electron chi connectivity index (χ4n) is 4.00. The normalized spacial score (nSPS) is 20.8. The van der Waals surface area contributed by atoms with Gasteiger partial charge < -0.3 is 15.0 Å². The number of anilines is 1. The number of benzene rings is 1. The van der Waals surface area contributed by atoms with Gasteiger partial charge in [0.15, 0.2) is 0 Å². The van der Waals surface area contributed by atoms with Gasteiger partial charge >= 0.3 is 0 Å². The highest BCUT2D eigenvalue weighted by Gasteiger charge is 2.43. The van der Waals surface area contributed by atoms with Crippen molar-refractivity contribution in [3.63, 3.8) is 0 Å². The van der Waals surface area contributed by atoms with Crippen LogP contribution in [0.2, 0.25) is 0 Å². The number of rotatable bonds is 1. The Kier molecular flexibility index (Phi) is 2.95. The predicted molar refractivity (Wildman–Crippen MR) is 92.7 cm³/mol. The topological polar surface area (TPSA) is 73.4 Å². The maximum atomic E-state index is 12.7. The van der Waals surface area contributed by atoms with Crippen molar-refractivity contribution < 1.29 is 14.7 Å². The number of carbonyl (C=O) groups excluding carboxylic acids is 2. The monoisotopic (exact) mass is 324 g/mol. The van der Waals surface area contributed by atoms with E-state index >= 15 is 0 Å². The quantitative estimate of drug-likeness (QED) is 0.624. The van der Waals surface area contributed by atoms with E-state index in [1.165, 1.54) is 0 Å². The first-order chi connectivity index (χ1) is 11.4. The number of likely N-dealkylation sites (N-methyl/N-ethyl adjacent to an activating group) is 1. The lowest BCUT2D eigenvalue weighted by atomic mass is 9.85. The zero-order valence-electron chi connectivity index (χ0n) is 14.1. The predicted octanol–water partition coefficient (Wildman–Crippen LogP) is 3.38. The van der Waals surface area contributed by atoms with Gasteiger partial charge in [-0.2, -0.15) is 0 Å². The first-order valence-electron chi connectivity index (χ1n) is 8.29. The molecule has 0 saturated carbocycles. The van der Waals surface area contributed by atoms with Gasteiger partial charge in [0.2, 0.25) is 11.7 Å². The number of nitrogens with zero attached hydrogens (tertiary/aromatic N) is 1. The van der Waals surface area contributed by atoms with Gasteiger partial charge in [0.1, 0.15) is 0 Å². The molecule has 0 spiro atoms. The highest BCUT2D eigenvalue weighted by Crippen LogP contribution is 2.45. The number of Topliss-reactive ketones (excluding diaryl/α,β-unsaturated/α-hetero) is 1. The molecule has 0 saturated heterocycles. The zero-order chi connectivity index (χ0) is 17.2. The van der Waals surface area contributed by atoms with Crippen molar-refractivity contribution in [2.24, 2.45) is 0 Å². The van der Waals surface area contributed by atoms with Gasteiger partial charge in [0.25, 0.3) is 0 Å². The number of ketones is 1. The number of aromatic amines is 1. The van der Waals surface area contributed by atoms with E-state index in [2.05, 4.69) is 4.98 Å². The van der Waals surface area contributed by atoms with E-state index in [9.17, 15) is 14.7 Å². The Bertz CT molecular complexity index is 934. The number of fused-ring (bicyclic) bond motifs is 4. The Morgan fingerprint density at radius 1 is 1.29 bits per heavy atom. The van der Waals surface area contributed by atoms with Gasteiger partial charge in [-0.3, -0.25) is 9.59 Å². The van der Waals surface area contributed by atoms with Gasteiger partial charge in [-0.05, 0) is 56.9 Å². The molecule has 1 aliphatic carbocycles. The maximum Gasteiger partial charge on any atom is 0.237 e. The Hall–Kier alpha value is -2.56. The van der Waals surface area contributed by atoms with Crippen molar-refractivity contribution in [3.05, 3.63) is 40.8 Å². The van der Waals surface area contributed by atoms with Crippen molar-refractivity contribution in [1.29, 1.82) is 0 Å². The molecule has 1 aliphatic heterocycles. The summed E-state index contributed by atoms with van der Waals surface area (Å²) in [6.45, 7) is 6.48. The third kappa shape index (κ3) is 1.70. The van der Waals surface area contributed by atoms with E-state index in [-0.39, 0.29) is 11.7 Å². The third-order valence-corrected chi connectivity index (χ3v) is 5.40. The molecular weight excluding hydrogens is 304 g/mol. The molecule has 0 radical (unpaired) electrons. The molecule has 2 heterocycles. The Labute approximate surface area is 140 Å². The number of carbonyl (C=O) groups is 2. The summed E-state index contributed by atoms with van der Waals surface area (Å²) in [5, 5.41) is 10.2. The molecule has 0 unspecified atom stereocenters. The van der Waals surface area contributed by atoms with E-state index in [0.29, 0.717) is 30.7 Å². The Morgan fingerprint density at radius 2 is 2.04 bits per heavy atom. The second kappa shape index (κ2) is 4.72. The highest BCUT2D eigenvalue weighted by molar-refractivity contribution is 6.14. The maximum absolute atomic E-state index is 12.7. The molecule has 1 amide bonds. The number of aromatic nitrogens is 1. The summed E-state index contributed by atoms with van der Waals surface area (Å²) in [4.78, 5) is 30.1. The molecule has 2 aliphatic rings. The summed E-state index contributed by atoms with van der Waals surface area (Å²) in [6, 6.07) is 4.04. The first kappa shape index (κ1) is 15.0. The summed E-state index contributed by atoms with van der Waals surface area (Å²) >= 11 is 0. The van der Waals surface area contributed by atoms with Crippen LogP contribution < -0.4 is 4.90 Å². The number of amides is 1. The molecule has 0 atom stereocenters. The van der Waals surface area contributed by atoms with Crippen LogP contribution in [0.3, 0.4) is 0 Å². The molecule has 124 valence electrons. The molecule has 5 nitrogen and oxygen atoms in total. The average molecular weight is 324 g/mol. The second-order valence-electron chi connectivity index (χ2n) is 7.05. The number of hydrogen-bond donors (Lipinski definition) is 2. The van der Waals surface area contributed by atoms with Crippen molar-refractivity contribution >= 4 is 28.3 Å². The van der Waals surface area contributed by atoms with Gasteiger partial charge in [-0.1, -0.05) is 0 Å². The van der Waals surface area contributed by atoms with E-state index in [0.717, 1.165) is 34.0 Å². The molecular formula is C19H20N2O3. The van der Waals surface area contributed by atoms with Crippen molar-refractivity contribution in [2.45, 2.75) is 39.0 Å².